The van der Waals surface area contributed by atoms with Gasteiger partial charge in [-0.15, -0.1) is 0 Å². The summed E-state index contributed by atoms with van der Waals surface area (Å²) in [5.74, 6) is 0. The van der Waals surface area contributed by atoms with Crippen LogP contribution < -0.4 is 5.32 Å². The lowest BCUT2D eigenvalue weighted by atomic mass is 9.86. The molecule has 1 aromatic carbocycles. The molecule has 2 nitrogen and oxygen atoms in total. The fraction of sp³-hybridized carbons (Fsp3) is 0.647. The molecule has 0 aliphatic heterocycles. The fourth-order valence-corrected chi connectivity index (χ4v) is 3.18. The van der Waals surface area contributed by atoms with Gasteiger partial charge in [0, 0.05) is 18.6 Å². The third kappa shape index (κ3) is 3.80. The van der Waals surface area contributed by atoms with Crippen molar-refractivity contribution in [3.63, 3.8) is 0 Å². The Hall–Kier alpha value is -0.860. The van der Waals surface area contributed by atoms with E-state index in [1.807, 2.05) is 0 Å². The van der Waals surface area contributed by atoms with Crippen molar-refractivity contribution < 1.29 is 0 Å². The number of nitrogens with zero attached hydrogens (tertiary/aromatic N) is 1. The molecule has 0 saturated heterocycles. The molecular weight excluding hydrogens is 232 g/mol. The highest BCUT2D eigenvalue weighted by Crippen LogP contribution is 2.38. The molecule has 0 bridgehead atoms. The van der Waals surface area contributed by atoms with Crippen LogP contribution in [0.25, 0.3) is 0 Å². The van der Waals surface area contributed by atoms with Crippen molar-refractivity contribution in [1.82, 2.24) is 10.2 Å². The van der Waals surface area contributed by atoms with Gasteiger partial charge in [0.15, 0.2) is 0 Å². The molecule has 106 valence electrons. The molecule has 0 heterocycles. The van der Waals surface area contributed by atoms with Crippen LogP contribution in [0.5, 0.6) is 0 Å². The first-order chi connectivity index (χ1) is 8.99. The molecule has 1 fully saturated rings. The van der Waals surface area contributed by atoms with Crippen molar-refractivity contribution in [3.05, 3.63) is 35.9 Å². The maximum absolute atomic E-state index is 3.91. The maximum Gasteiger partial charge on any atom is 0.0451 e. The van der Waals surface area contributed by atoms with Crippen LogP contribution in [0.2, 0.25) is 0 Å². The van der Waals surface area contributed by atoms with E-state index in [9.17, 15) is 0 Å². The zero-order chi connectivity index (χ0) is 13.9. The van der Waals surface area contributed by atoms with Crippen molar-refractivity contribution >= 4 is 0 Å². The van der Waals surface area contributed by atoms with Crippen LogP contribution in [0.1, 0.15) is 44.7 Å². The number of hydrogen-bond donors (Lipinski definition) is 1. The van der Waals surface area contributed by atoms with Crippen molar-refractivity contribution in [2.24, 2.45) is 5.41 Å². The zero-order valence-corrected chi connectivity index (χ0v) is 12.8. The van der Waals surface area contributed by atoms with Crippen LogP contribution in [-0.2, 0) is 0 Å². The highest BCUT2D eigenvalue weighted by molar-refractivity contribution is 5.19. The molecule has 1 aliphatic carbocycles. The van der Waals surface area contributed by atoms with Gasteiger partial charge < -0.3 is 10.2 Å². The Bertz CT molecular complexity index is 384. The Labute approximate surface area is 118 Å². The molecule has 2 rings (SSSR count). The van der Waals surface area contributed by atoms with Gasteiger partial charge in [-0.05, 0) is 37.9 Å². The Morgan fingerprint density at radius 2 is 1.95 bits per heavy atom. The van der Waals surface area contributed by atoms with Crippen LogP contribution in [0, 0.1) is 5.41 Å². The molecular formula is C17H28N2. The first-order valence-corrected chi connectivity index (χ1v) is 7.45. The quantitative estimate of drug-likeness (QED) is 0.872. The molecule has 1 aliphatic rings. The predicted octanol–water partition coefficient (Wildman–Crippen LogP) is 3.46. The fourth-order valence-electron chi connectivity index (χ4n) is 3.18. The van der Waals surface area contributed by atoms with Crippen molar-refractivity contribution in [2.75, 3.05) is 20.6 Å². The Morgan fingerprint density at radius 1 is 1.26 bits per heavy atom. The minimum Gasteiger partial charge on any atom is -0.308 e. The van der Waals surface area contributed by atoms with E-state index in [0.29, 0.717) is 17.5 Å². The zero-order valence-electron chi connectivity index (χ0n) is 12.8. The van der Waals surface area contributed by atoms with E-state index in [2.05, 4.69) is 68.5 Å². The summed E-state index contributed by atoms with van der Waals surface area (Å²) in [5, 5.41) is 3.91. The molecule has 19 heavy (non-hydrogen) atoms. The molecule has 0 amide bonds. The average molecular weight is 260 g/mol. The summed E-state index contributed by atoms with van der Waals surface area (Å²) >= 11 is 0. The summed E-state index contributed by atoms with van der Waals surface area (Å²) in [4.78, 5) is 2.27. The van der Waals surface area contributed by atoms with Gasteiger partial charge in [0.2, 0.25) is 0 Å². The van der Waals surface area contributed by atoms with Gasteiger partial charge in [-0.3, -0.25) is 0 Å². The summed E-state index contributed by atoms with van der Waals surface area (Å²) in [6.07, 6.45) is 4.01. The van der Waals surface area contributed by atoms with Gasteiger partial charge >= 0.3 is 0 Å². The SMILES string of the molecule is CN(C)CC(NC1CCCC1(C)C)c1ccccc1. The van der Waals surface area contributed by atoms with E-state index in [1.165, 1.54) is 24.8 Å². The van der Waals surface area contributed by atoms with Crippen LogP contribution in [0.3, 0.4) is 0 Å². The second kappa shape index (κ2) is 6.06. The number of nitrogens with one attached hydrogen (secondary N) is 1. The summed E-state index contributed by atoms with van der Waals surface area (Å²) < 4.78 is 0. The molecule has 2 heteroatoms. The summed E-state index contributed by atoms with van der Waals surface area (Å²) in [6, 6.07) is 11.9. The molecule has 0 radical (unpaired) electrons. The lowest BCUT2D eigenvalue weighted by Gasteiger charge is -2.33. The number of rotatable bonds is 5. The van der Waals surface area contributed by atoms with E-state index in [4.69, 9.17) is 0 Å². The summed E-state index contributed by atoms with van der Waals surface area (Å²) in [7, 11) is 4.30. The molecule has 2 unspecified atom stereocenters. The minimum absolute atomic E-state index is 0.429. The average Bonchev–Trinajstić information content (AvgIpc) is 2.68. The summed E-state index contributed by atoms with van der Waals surface area (Å²) in [6.45, 7) is 5.85. The Kier molecular flexibility index (Phi) is 4.64. The van der Waals surface area contributed by atoms with Crippen LogP contribution in [-0.4, -0.2) is 31.6 Å². The molecule has 0 spiro atoms. The second-order valence-corrected chi connectivity index (χ2v) is 6.83. The second-order valence-electron chi connectivity index (χ2n) is 6.83. The van der Waals surface area contributed by atoms with E-state index in [1.54, 1.807) is 0 Å². The van der Waals surface area contributed by atoms with Crippen LogP contribution in [0.4, 0.5) is 0 Å². The Balaban J connectivity index is 2.10. The van der Waals surface area contributed by atoms with E-state index >= 15 is 0 Å². The van der Waals surface area contributed by atoms with Crippen molar-refractivity contribution in [2.45, 2.75) is 45.2 Å². The Morgan fingerprint density at radius 3 is 2.47 bits per heavy atom. The van der Waals surface area contributed by atoms with E-state index in [-0.39, 0.29) is 0 Å². The lowest BCUT2D eigenvalue weighted by Crippen LogP contribution is -2.43. The van der Waals surface area contributed by atoms with E-state index < -0.39 is 0 Å². The first kappa shape index (κ1) is 14.5. The largest absolute Gasteiger partial charge is 0.308 e. The highest BCUT2D eigenvalue weighted by atomic mass is 15.1. The summed E-state index contributed by atoms with van der Waals surface area (Å²) in [5.41, 5.74) is 1.83. The van der Waals surface area contributed by atoms with Gasteiger partial charge in [-0.25, -0.2) is 0 Å². The highest BCUT2D eigenvalue weighted by Gasteiger charge is 2.35. The number of likely N-dealkylation sites (N-methyl/N-ethyl adjacent to an activating group) is 1. The smallest absolute Gasteiger partial charge is 0.0451 e. The van der Waals surface area contributed by atoms with Gasteiger partial charge in [-0.1, -0.05) is 50.6 Å². The van der Waals surface area contributed by atoms with Crippen molar-refractivity contribution in [3.8, 4) is 0 Å². The third-order valence-electron chi connectivity index (χ3n) is 4.41. The number of hydrogen-bond acceptors (Lipinski definition) is 2. The van der Waals surface area contributed by atoms with Crippen LogP contribution >= 0.6 is 0 Å². The normalized spacial score (nSPS) is 23.7. The topological polar surface area (TPSA) is 15.3 Å². The molecule has 1 N–H and O–H groups in total. The van der Waals surface area contributed by atoms with Crippen LogP contribution in [0.15, 0.2) is 30.3 Å². The molecule has 0 aromatic heterocycles. The maximum atomic E-state index is 3.91. The minimum atomic E-state index is 0.429. The standard InChI is InChI=1S/C17H28N2/c1-17(2)12-8-11-16(17)18-15(13-19(3)4)14-9-6-5-7-10-14/h5-7,9-10,15-16,18H,8,11-13H2,1-4H3. The third-order valence-corrected chi connectivity index (χ3v) is 4.41. The molecule has 1 aromatic rings. The van der Waals surface area contributed by atoms with Crippen molar-refractivity contribution in [1.29, 1.82) is 0 Å². The van der Waals surface area contributed by atoms with Gasteiger partial charge in [0.05, 0.1) is 0 Å². The molecule has 2 atom stereocenters. The monoisotopic (exact) mass is 260 g/mol. The number of benzene rings is 1. The van der Waals surface area contributed by atoms with Gasteiger partial charge in [0.25, 0.3) is 0 Å². The van der Waals surface area contributed by atoms with Gasteiger partial charge in [-0.2, -0.15) is 0 Å². The molecule has 1 saturated carbocycles. The predicted molar refractivity (Wildman–Crippen MR) is 82.3 cm³/mol. The van der Waals surface area contributed by atoms with Gasteiger partial charge in [0.1, 0.15) is 0 Å². The van der Waals surface area contributed by atoms with E-state index in [0.717, 1.165) is 6.54 Å². The first-order valence-electron chi connectivity index (χ1n) is 7.45. The lowest BCUT2D eigenvalue weighted by molar-refractivity contribution is 0.238.